The molecule has 100 valence electrons. The Labute approximate surface area is 162 Å². The summed E-state index contributed by atoms with van der Waals surface area (Å²) in [5, 5.41) is 3.82. The molecule has 0 aromatic heterocycles. The van der Waals surface area contributed by atoms with E-state index in [1.807, 2.05) is 21.6 Å². The van der Waals surface area contributed by atoms with Gasteiger partial charge in [-0.15, -0.1) is 0 Å². The van der Waals surface area contributed by atoms with Crippen LogP contribution in [0.2, 0.25) is 0 Å². The molecule has 1 fully saturated rings. The van der Waals surface area contributed by atoms with Crippen molar-refractivity contribution in [1.82, 2.24) is 5.32 Å². The molecule has 0 spiro atoms. The normalized spacial score (nSPS) is 18.4. The van der Waals surface area contributed by atoms with Crippen LogP contribution in [0.3, 0.4) is 0 Å². The van der Waals surface area contributed by atoms with Crippen molar-refractivity contribution in [2.75, 3.05) is 12.3 Å². The van der Waals surface area contributed by atoms with E-state index in [2.05, 4.69) is 12.2 Å². The van der Waals surface area contributed by atoms with Crippen molar-refractivity contribution in [3.05, 3.63) is 6.92 Å². The predicted octanol–water partition coefficient (Wildman–Crippen LogP) is 0.825. The van der Waals surface area contributed by atoms with Crippen LogP contribution >= 0.6 is 21.6 Å². The van der Waals surface area contributed by atoms with Gasteiger partial charge in [-0.1, -0.05) is 34.4 Å². The molecule has 1 amide bonds. The maximum absolute atomic E-state index is 11.5. The number of carbonyl (C=O) groups excluding carboxylic acids is 1. The molecule has 1 aliphatic rings. The van der Waals surface area contributed by atoms with Gasteiger partial charge >= 0.3 is 51.4 Å². The number of unbranched alkanes of at least 4 members (excludes halogenated alkanes) is 3. The molecule has 0 saturated carbocycles. The summed E-state index contributed by atoms with van der Waals surface area (Å²) < 4.78 is 0. The van der Waals surface area contributed by atoms with Gasteiger partial charge in [-0.3, -0.25) is 4.79 Å². The fourth-order valence-electron chi connectivity index (χ4n) is 1.84. The Morgan fingerprint density at radius 2 is 2.11 bits per heavy atom. The van der Waals surface area contributed by atoms with Gasteiger partial charge in [0.05, 0.1) is 0 Å². The molecule has 0 radical (unpaired) electrons. The molecule has 1 N–H and O–H groups in total. The number of amides is 1. The third-order valence-corrected chi connectivity index (χ3v) is 5.91. The van der Waals surface area contributed by atoms with Crippen molar-refractivity contribution < 1.29 is 56.2 Å². The SMILES string of the molecule is [CH2-]CCCCNC(=O)CCCCC1CCSS1.[K+]. The van der Waals surface area contributed by atoms with Crippen LogP contribution in [0.25, 0.3) is 0 Å². The van der Waals surface area contributed by atoms with Crippen LogP contribution in [0.15, 0.2) is 0 Å². The van der Waals surface area contributed by atoms with Gasteiger partial charge in [0.25, 0.3) is 0 Å². The van der Waals surface area contributed by atoms with Crippen molar-refractivity contribution >= 4 is 27.5 Å². The van der Waals surface area contributed by atoms with Gasteiger partial charge in [0.1, 0.15) is 0 Å². The Bertz CT molecular complexity index is 211. The van der Waals surface area contributed by atoms with Crippen LogP contribution < -0.4 is 56.7 Å². The van der Waals surface area contributed by atoms with E-state index in [4.69, 9.17) is 0 Å². The molecular formula is C13H24KNOS2. The largest absolute Gasteiger partial charge is 1.00 e. The standard InChI is InChI=1S/C13H24NOS2.K/c1-2-3-6-10-14-13(15)8-5-4-7-12-9-11-16-17-12;/h12H,1-11H2,(H,14,15);/q-1;+1. The summed E-state index contributed by atoms with van der Waals surface area (Å²) in [5.41, 5.74) is 0. The number of carbonyl (C=O) groups is 1. The number of hydrogen-bond acceptors (Lipinski definition) is 3. The third kappa shape index (κ3) is 10.6. The first-order valence-electron chi connectivity index (χ1n) is 6.67. The van der Waals surface area contributed by atoms with Crippen LogP contribution in [0.1, 0.15) is 51.4 Å². The van der Waals surface area contributed by atoms with Gasteiger partial charge in [0, 0.05) is 24.0 Å². The third-order valence-electron chi connectivity index (χ3n) is 2.91. The second-order valence-corrected chi connectivity index (χ2v) is 7.27. The van der Waals surface area contributed by atoms with Gasteiger partial charge in [-0.2, -0.15) is 6.42 Å². The molecule has 2 nitrogen and oxygen atoms in total. The minimum absolute atomic E-state index is 0. The first-order valence-corrected chi connectivity index (χ1v) is 9.05. The fourth-order valence-corrected chi connectivity index (χ4v) is 4.87. The monoisotopic (exact) mass is 313 g/mol. The topological polar surface area (TPSA) is 29.1 Å². The molecule has 1 unspecified atom stereocenters. The maximum atomic E-state index is 11.5. The summed E-state index contributed by atoms with van der Waals surface area (Å²) >= 11 is 0. The van der Waals surface area contributed by atoms with Crippen molar-refractivity contribution in [2.24, 2.45) is 0 Å². The molecule has 0 aromatic rings. The van der Waals surface area contributed by atoms with Gasteiger partial charge < -0.3 is 12.2 Å². The van der Waals surface area contributed by atoms with Gasteiger partial charge in [0.15, 0.2) is 0 Å². The van der Waals surface area contributed by atoms with E-state index in [1.54, 1.807) is 0 Å². The molecule has 1 heterocycles. The summed E-state index contributed by atoms with van der Waals surface area (Å²) in [6.07, 6.45) is 8.72. The van der Waals surface area contributed by atoms with E-state index in [-0.39, 0.29) is 57.3 Å². The average Bonchev–Trinajstić information content (AvgIpc) is 2.83. The molecular weight excluding hydrogens is 289 g/mol. The van der Waals surface area contributed by atoms with E-state index in [1.165, 1.54) is 25.0 Å². The van der Waals surface area contributed by atoms with Gasteiger partial charge in [-0.05, 0) is 25.7 Å². The van der Waals surface area contributed by atoms with Crippen molar-refractivity contribution in [3.8, 4) is 0 Å². The molecule has 5 heteroatoms. The zero-order valence-electron chi connectivity index (χ0n) is 11.6. The van der Waals surface area contributed by atoms with Crippen LogP contribution in [-0.2, 0) is 4.79 Å². The summed E-state index contributed by atoms with van der Waals surface area (Å²) in [7, 11) is 4.03. The molecule has 0 bridgehead atoms. The Hall–Kier alpha value is 1.81. The Balaban J connectivity index is 0.00000289. The minimum Gasteiger partial charge on any atom is -0.356 e. The van der Waals surface area contributed by atoms with E-state index in [0.717, 1.165) is 37.5 Å². The van der Waals surface area contributed by atoms with Crippen LogP contribution in [-0.4, -0.2) is 23.5 Å². The van der Waals surface area contributed by atoms with E-state index >= 15 is 0 Å². The number of hydrogen-bond donors (Lipinski definition) is 1. The van der Waals surface area contributed by atoms with Crippen molar-refractivity contribution in [1.29, 1.82) is 0 Å². The van der Waals surface area contributed by atoms with Gasteiger partial charge in [-0.25, -0.2) is 0 Å². The number of rotatable bonds is 9. The zero-order valence-corrected chi connectivity index (χ0v) is 16.3. The second kappa shape index (κ2) is 13.8. The molecule has 0 aliphatic carbocycles. The molecule has 1 rings (SSSR count). The molecule has 0 aromatic carbocycles. The van der Waals surface area contributed by atoms with Crippen molar-refractivity contribution in [3.63, 3.8) is 0 Å². The van der Waals surface area contributed by atoms with Crippen molar-refractivity contribution in [2.45, 2.75) is 56.6 Å². The summed E-state index contributed by atoms with van der Waals surface area (Å²) in [5.74, 6) is 1.53. The fraction of sp³-hybridized carbons (Fsp3) is 0.846. The predicted molar refractivity (Wildman–Crippen MR) is 79.1 cm³/mol. The van der Waals surface area contributed by atoms with Crippen LogP contribution in [0.4, 0.5) is 0 Å². The Morgan fingerprint density at radius 1 is 1.28 bits per heavy atom. The average molecular weight is 314 g/mol. The van der Waals surface area contributed by atoms with Gasteiger partial charge in [0.2, 0.25) is 5.91 Å². The molecule has 1 aliphatic heterocycles. The molecule has 1 atom stereocenters. The summed E-state index contributed by atoms with van der Waals surface area (Å²) in [4.78, 5) is 11.5. The van der Waals surface area contributed by atoms with Crippen LogP contribution in [0.5, 0.6) is 0 Å². The van der Waals surface area contributed by atoms with E-state index < -0.39 is 0 Å². The first kappa shape index (κ1) is 19.8. The summed E-state index contributed by atoms with van der Waals surface area (Å²) in [6, 6.07) is 0. The quantitative estimate of drug-likeness (QED) is 0.296. The Kier molecular flexibility index (Phi) is 15.2. The molecule has 1 saturated heterocycles. The Morgan fingerprint density at radius 3 is 2.78 bits per heavy atom. The second-order valence-electron chi connectivity index (χ2n) is 4.49. The zero-order chi connectivity index (χ0) is 12.3. The maximum Gasteiger partial charge on any atom is 1.00 e. The summed E-state index contributed by atoms with van der Waals surface area (Å²) in [6.45, 7) is 4.61. The van der Waals surface area contributed by atoms with E-state index in [0.29, 0.717) is 6.42 Å². The number of nitrogens with one attached hydrogen (secondary N) is 1. The minimum atomic E-state index is 0. The van der Waals surface area contributed by atoms with Crippen LogP contribution in [0, 0.1) is 6.92 Å². The smallest absolute Gasteiger partial charge is 0.356 e. The first-order chi connectivity index (χ1) is 8.33. The molecule has 18 heavy (non-hydrogen) atoms. The van der Waals surface area contributed by atoms with E-state index in [9.17, 15) is 4.79 Å².